The van der Waals surface area contributed by atoms with Gasteiger partial charge in [-0.05, 0) is 88.3 Å². The zero-order valence-electron chi connectivity index (χ0n) is 33.3. The normalized spacial score (nSPS) is 16.8. The van der Waals surface area contributed by atoms with E-state index < -0.39 is 23.6 Å². The van der Waals surface area contributed by atoms with Gasteiger partial charge in [-0.3, -0.25) is 29.0 Å². The minimum atomic E-state index is -0.702. The van der Waals surface area contributed by atoms with E-state index in [9.17, 15) is 24.4 Å². The SMILES string of the molecule is CCCCN(CCCC)c1ccc(/C=C2/C(=O)N(CCCN3C(=O)C(C#N)=C(C)/C(=C\c4ccc(N(CCCC)CCCC)o4)C3=O)C(=O)C(C)=C2C)o1. The van der Waals surface area contributed by atoms with Crippen LogP contribution in [0.2, 0.25) is 0 Å². The van der Waals surface area contributed by atoms with E-state index in [1.807, 2.05) is 24.3 Å². The number of nitrogens with zero attached hydrogens (tertiary/aromatic N) is 5. The van der Waals surface area contributed by atoms with Crippen LogP contribution in [0.4, 0.5) is 11.8 Å². The summed E-state index contributed by atoms with van der Waals surface area (Å²) < 4.78 is 12.3. The Morgan fingerprint density at radius 3 is 1.39 bits per heavy atom. The number of carbonyl (C=O) groups excluding carboxylic acids is 4. The van der Waals surface area contributed by atoms with Gasteiger partial charge >= 0.3 is 0 Å². The van der Waals surface area contributed by atoms with Crippen LogP contribution in [0.25, 0.3) is 12.2 Å². The first kappa shape index (κ1) is 41.6. The number of imide groups is 2. The Kier molecular flexibility index (Phi) is 15.3. The molecule has 0 saturated heterocycles. The van der Waals surface area contributed by atoms with Crippen LogP contribution < -0.4 is 9.80 Å². The van der Waals surface area contributed by atoms with Gasteiger partial charge in [0.2, 0.25) is 0 Å². The third-order valence-corrected chi connectivity index (χ3v) is 10.1. The topological polar surface area (TPSA) is 131 Å². The summed E-state index contributed by atoms with van der Waals surface area (Å²) in [5.41, 5.74) is 1.69. The molecule has 4 rings (SSSR count). The number of hydrogen-bond acceptors (Lipinski definition) is 9. The Morgan fingerprint density at radius 2 is 0.981 bits per heavy atom. The van der Waals surface area contributed by atoms with Crippen molar-refractivity contribution >= 4 is 47.5 Å². The molecule has 290 valence electrons. The van der Waals surface area contributed by atoms with Crippen molar-refractivity contribution in [1.29, 1.82) is 5.26 Å². The van der Waals surface area contributed by atoms with Crippen LogP contribution in [0.3, 0.4) is 0 Å². The molecule has 0 bridgehead atoms. The molecular formula is C43H57N5O6. The Balaban J connectivity index is 1.52. The van der Waals surface area contributed by atoms with Crippen molar-refractivity contribution < 1.29 is 28.0 Å². The molecule has 0 unspecified atom stereocenters. The molecule has 0 aliphatic carbocycles. The number of hydrogen-bond donors (Lipinski definition) is 0. The lowest BCUT2D eigenvalue weighted by Crippen LogP contribution is -2.46. The highest BCUT2D eigenvalue weighted by molar-refractivity contribution is 6.20. The summed E-state index contributed by atoms with van der Waals surface area (Å²) in [5, 5.41) is 9.93. The summed E-state index contributed by atoms with van der Waals surface area (Å²) in [6.45, 7) is 17.0. The van der Waals surface area contributed by atoms with Crippen LogP contribution in [0.5, 0.6) is 0 Å². The second kappa shape index (κ2) is 19.8. The van der Waals surface area contributed by atoms with Gasteiger partial charge in [-0.1, -0.05) is 53.4 Å². The van der Waals surface area contributed by atoms with Gasteiger partial charge in [-0.25, -0.2) is 0 Å². The molecule has 2 aliphatic rings. The van der Waals surface area contributed by atoms with Crippen LogP contribution in [0, 0.1) is 11.3 Å². The van der Waals surface area contributed by atoms with E-state index in [-0.39, 0.29) is 36.2 Å². The number of amides is 4. The third-order valence-electron chi connectivity index (χ3n) is 10.1. The smallest absolute Gasteiger partial charge is 0.271 e. The molecule has 0 N–H and O–H groups in total. The van der Waals surface area contributed by atoms with E-state index in [0.717, 1.165) is 93.2 Å². The predicted molar refractivity (Wildman–Crippen MR) is 212 cm³/mol. The molecule has 4 amide bonds. The van der Waals surface area contributed by atoms with Crippen LogP contribution in [0.1, 0.15) is 118 Å². The van der Waals surface area contributed by atoms with Gasteiger partial charge < -0.3 is 18.6 Å². The first-order chi connectivity index (χ1) is 26.0. The van der Waals surface area contributed by atoms with Crippen LogP contribution in [0.15, 0.2) is 66.5 Å². The fourth-order valence-corrected chi connectivity index (χ4v) is 6.58. The molecule has 2 aromatic heterocycles. The van der Waals surface area contributed by atoms with Crippen LogP contribution in [-0.2, 0) is 19.2 Å². The van der Waals surface area contributed by atoms with Gasteiger partial charge in [-0.15, -0.1) is 0 Å². The molecule has 0 fully saturated rings. The Hall–Kier alpha value is -5.11. The molecule has 4 heterocycles. The number of rotatable bonds is 20. The molecule has 0 saturated carbocycles. The van der Waals surface area contributed by atoms with E-state index in [1.54, 1.807) is 39.0 Å². The zero-order chi connectivity index (χ0) is 39.4. The quantitative estimate of drug-likeness (QED) is 0.0970. The number of unbranched alkanes of at least 4 members (excludes halogenated alkanes) is 4. The van der Waals surface area contributed by atoms with Crippen molar-refractivity contribution in [3.63, 3.8) is 0 Å². The molecular weight excluding hydrogens is 683 g/mol. The maximum Gasteiger partial charge on any atom is 0.271 e. The minimum Gasteiger partial charge on any atom is -0.441 e. The molecule has 11 heteroatoms. The van der Waals surface area contributed by atoms with E-state index in [4.69, 9.17) is 8.83 Å². The fourth-order valence-electron chi connectivity index (χ4n) is 6.58. The summed E-state index contributed by atoms with van der Waals surface area (Å²) >= 11 is 0. The maximum atomic E-state index is 13.8. The lowest BCUT2D eigenvalue weighted by atomic mass is 9.94. The largest absolute Gasteiger partial charge is 0.441 e. The van der Waals surface area contributed by atoms with Gasteiger partial charge in [0.1, 0.15) is 23.2 Å². The van der Waals surface area contributed by atoms with E-state index in [2.05, 4.69) is 37.5 Å². The number of anilines is 2. The maximum absolute atomic E-state index is 13.8. The van der Waals surface area contributed by atoms with Crippen LogP contribution in [-0.4, -0.2) is 72.7 Å². The van der Waals surface area contributed by atoms with Gasteiger partial charge in [0.15, 0.2) is 11.8 Å². The van der Waals surface area contributed by atoms with Crippen molar-refractivity contribution in [1.82, 2.24) is 9.80 Å². The first-order valence-corrected chi connectivity index (χ1v) is 19.7. The lowest BCUT2D eigenvalue weighted by Gasteiger charge is -2.30. The van der Waals surface area contributed by atoms with Crippen molar-refractivity contribution in [3.05, 3.63) is 69.2 Å². The third kappa shape index (κ3) is 9.70. The van der Waals surface area contributed by atoms with E-state index >= 15 is 0 Å². The standard InChI is InChI=1S/C43H57N5O6/c1-8-12-21-45(22-13-9-2)38-19-17-33(53-38)27-35-30(5)31(6)40(49)47(41(35)50)25-16-26-48-42(51)36(32(7)37(29-44)43(48)52)28-34-18-20-39(54-34)46(23-14-10-3)24-15-11-4/h17-20,27-28H,8-16,21-26H2,1-7H3/b35-27+,36-28+. The number of carbonyl (C=O) groups is 4. The second-order valence-corrected chi connectivity index (χ2v) is 14.1. The average molecular weight is 740 g/mol. The molecule has 0 atom stereocenters. The summed E-state index contributed by atoms with van der Waals surface area (Å²) in [6, 6.07) is 9.40. The van der Waals surface area contributed by atoms with E-state index in [1.165, 1.54) is 0 Å². The molecule has 0 spiro atoms. The molecule has 2 aliphatic heterocycles. The first-order valence-electron chi connectivity index (χ1n) is 19.7. The van der Waals surface area contributed by atoms with E-state index in [0.29, 0.717) is 34.1 Å². The van der Waals surface area contributed by atoms with Crippen molar-refractivity contribution in [2.24, 2.45) is 0 Å². The van der Waals surface area contributed by atoms with Crippen molar-refractivity contribution in [2.75, 3.05) is 49.1 Å². The predicted octanol–water partition coefficient (Wildman–Crippen LogP) is 8.46. The summed E-state index contributed by atoms with van der Waals surface area (Å²) in [5.74, 6) is 0.251. The minimum absolute atomic E-state index is 0.0293. The van der Waals surface area contributed by atoms with Crippen molar-refractivity contribution in [3.8, 4) is 6.07 Å². The Bertz CT molecular complexity index is 1830. The highest BCUT2D eigenvalue weighted by Gasteiger charge is 2.37. The average Bonchev–Trinajstić information content (AvgIpc) is 3.84. The second-order valence-electron chi connectivity index (χ2n) is 14.1. The Morgan fingerprint density at radius 1 is 0.574 bits per heavy atom. The molecule has 0 aromatic carbocycles. The zero-order valence-corrected chi connectivity index (χ0v) is 33.3. The molecule has 2 aromatic rings. The summed E-state index contributed by atoms with van der Waals surface area (Å²) in [6.07, 6.45) is 11.7. The highest BCUT2D eigenvalue weighted by atomic mass is 16.4. The molecule has 54 heavy (non-hydrogen) atoms. The van der Waals surface area contributed by atoms with Crippen LogP contribution >= 0.6 is 0 Å². The fraction of sp³-hybridized carbons (Fsp3) is 0.512. The van der Waals surface area contributed by atoms with Gasteiger partial charge in [0.05, 0.1) is 0 Å². The van der Waals surface area contributed by atoms with Crippen molar-refractivity contribution in [2.45, 2.75) is 106 Å². The number of furan rings is 2. The van der Waals surface area contributed by atoms with Gasteiger partial charge in [-0.2, -0.15) is 5.26 Å². The number of nitriles is 1. The molecule has 0 radical (unpaired) electrons. The van der Waals surface area contributed by atoms with Gasteiger partial charge in [0.25, 0.3) is 23.6 Å². The highest BCUT2D eigenvalue weighted by Crippen LogP contribution is 2.31. The molecule has 11 nitrogen and oxygen atoms in total. The lowest BCUT2D eigenvalue weighted by molar-refractivity contribution is -0.140. The Labute approximate surface area is 320 Å². The van der Waals surface area contributed by atoms with Gasteiger partial charge in [0, 0.05) is 68.1 Å². The monoisotopic (exact) mass is 739 g/mol. The summed E-state index contributed by atoms with van der Waals surface area (Å²) in [4.78, 5) is 61.0. The summed E-state index contributed by atoms with van der Waals surface area (Å²) in [7, 11) is 0.